The third kappa shape index (κ3) is 2.81. The Hall–Kier alpha value is -2.33. The molecule has 1 amide bonds. The molecule has 4 heteroatoms. The quantitative estimate of drug-likeness (QED) is 0.665. The van der Waals surface area contributed by atoms with Gasteiger partial charge in [-0.25, -0.2) is 0 Å². The van der Waals surface area contributed by atoms with Crippen molar-refractivity contribution in [2.24, 2.45) is 5.84 Å². The maximum atomic E-state index is 12.5. The zero-order chi connectivity index (χ0) is 14.7. The van der Waals surface area contributed by atoms with Crippen molar-refractivity contribution >= 4 is 17.3 Å². The SMILES string of the molecule is Cc1cccc(N(C)C(=O)c2ccc(NN)c(C)c2)c1. The van der Waals surface area contributed by atoms with Crippen molar-refractivity contribution in [3.63, 3.8) is 0 Å². The second-order valence-corrected chi connectivity index (χ2v) is 4.88. The van der Waals surface area contributed by atoms with E-state index in [1.807, 2.05) is 50.2 Å². The Morgan fingerprint density at radius 3 is 2.50 bits per heavy atom. The van der Waals surface area contributed by atoms with Crippen LogP contribution in [0.4, 0.5) is 11.4 Å². The van der Waals surface area contributed by atoms with Gasteiger partial charge in [-0.3, -0.25) is 10.6 Å². The molecule has 0 heterocycles. The summed E-state index contributed by atoms with van der Waals surface area (Å²) in [5.74, 6) is 5.36. The van der Waals surface area contributed by atoms with E-state index in [0.29, 0.717) is 5.56 Å². The normalized spacial score (nSPS) is 10.2. The first-order chi connectivity index (χ1) is 9.52. The number of nitrogens with one attached hydrogen (secondary N) is 1. The number of hydrogen-bond donors (Lipinski definition) is 2. The molecule has 0 bridgehead atoms. The number of hydrazine groups is 1. The predicted octanol–water partition coefficient (Wildman–Crippen LogP) is 2.87. The highest BCUT2D eigenvalue weighted by atomic mass is 16.2. The van der Waals surface area contributed by atoms with E-state index >= 15 is 0 Å². The average Bonchev–Trinajstić information content (AvgIpc) is 2.45. The van der Waals surface area contributed by atoms with Gasteiger partial charge in [0, 0.05) is 18.3 Å². The fourth-order valence-electron chi connectivity index (χ4n) is 2.11. The monoisotopic (exact) mass is 269 g/mol. The number of aryl methyl sites for hydroxylation is 2. The molecule has 104 valence electrons. The van der Waals surface area contributed by atoms with Gasteiger partial charge >= 0.3 is 0 Å². The van der Waals surface area contributed by atoms with Crippen LogP contribution in [0.25, 0.3) is 0 Å². The van der Waals surface area contributed by atoms with Gasteiger partial charge in [0.15, 0.2) is 0 Å². The van der Waals surface area contributed by atoms with Gasteiger partial charge in [0.2, 0.25) is 0 Å². The van der Waals surface area contributed by atoms with E-state index in [-0.39, 0.29) is 5.91 Å². The summed E-state index contributed by atoms with van der Waals surface area (Å²) >= 11 is 0. The van der Waals surface area contributed by atoms with Crippen LogP contribution in [0.1, 0.15) is 21.5 Å². The molecular weight excluding hydrogens is 250 g/mol. The van der Waals surface area contributed by atoms with Gasteiger partial charge in [-0.2, -0.15) is 0 Å². The van der Waals surface area contributed by atoms with Crippen molar-refractivity contribution < 1.29 is 4.79 Å². The zero-order valence-electron chi connectivity index (χ0n) is 12.0. The number of carbonyl (C=O) groups excluding carboxylic acids is 1. The molecule has 0 unspecified atom stereocenters. The Balaban J connectivity index is 2.29. The lowest BCUT2D eigenvalue weighted by Gasteiger charge is -2.18. The van der Waals surface area contributed by atoms with E-state index in [1.165, 1.54) is 0 Å². The third-order valence-electron chi connectivity index (χ3n) is 3.32. The van der Waals surface area contributed by atoms with Crippen LogP contribution in [0.2, 0.25) is 0 Å². The number of amides is 1. The van der Waals surface area contributed by atoms with Crippen molar-refractivity contribution in [3.8, 4) is 0 Å². The Bertz CT molecular complexity index is 637. The smallest absolute Gasteiger partial charge is 0.258 e. The molecule has 0 spiro atoms. The van der Waals surface area contributed by atoms with E-state index in [0.717, 1.165) is 22.5 Å². The molecule has 0 aliphatic rings. The summed E-state index contributed by atoms with van der Waals surface area (Å²) in [6.07, 6.45) is 0. The largest absolute Gasteiger partial charge is 0.324 e. The number of nitrogen functional groups attached to an aromatic ring is 1. The van der Waals surface area contributed by atoms with Gasteiger partial charge in [-0.1, -0.05) is 12.1 Å². The summed E-state index contributed by atoms with van der Waals surface area (Å²) in [5.41, 5.74) is 7.02. The first-order valence-corrected chi connectivity index (χ1v) is 6.45. The maximum absolute atomic E-state index is 12.5. The summed E-state index contributed by atoms with van der Waals surface area (Å²) in [6.45, 7) is 3.92. The molecule has 3 N–H and O–H groups in total. The molecule has 0 fully saturated rings. The number of nitrogens with two attached hydrogens (primary N) is 1. The summed E-state index contributed by atoms with van der Waals surface area (Å²) in [5, 5.41) is 0. The molecule has 2 rings (SSSR count). The Labute approximate surface area is 119 Å². The topological polar surface area (TPSA) is 58.4 Å². The number of carbonyl (C=O) groups is 1. The standard InChI is InChI=1S/C16H19N3O/c1-11-5-4-6-14(9-11)19(3)16(20)13-7-8-15(18-17)12(2)10-13/h4-10,18H,17H2,1-3H3. The molecule has 0 atom stereocenters. The summed E-state index contributed by atoms with van der Waals surface area (Å²) in [6, 6.07) is 13.3. The third-order valence-corrected chi connectivity index (χ3v) is 3.32. The Morgan fingerprint density at radius 2 is 1.90 bits per heavy atom. The minimum atomic E-state index is -0.0396. The minimum absolute atomic E-state index is 0.0396. The number of anilines is 2. The number of hydrogen-bond acceptors (Lipinski definition) is 3. The van der Waals surface area contributed by atoms with Gasteiger partial charge in [-0.05, 0) is 55.3 Å². The first kappa shape index (κ1) is 14.1. The summed E-state index contributed by atoms with van der Waals surface area (Å²) in [4.78, 5) is 14.1. The highest BCUT2D eigenvalue weighted by molar-refractivity contribution is 6.06. The maximum Gasteiger partial charge on any atom is 0.258 e. The van der Waals surface area contributed by atoms with Gasteiger partial charge < -0.3 is 10.3 Å². The lowest BCUT2D eigenvalue weighted by atomic mass is 10.1. The predicted molar refractivity (Wildman–Crippen MR) is 82.9 cm³/mol. The van der Waals surface area contributed by atoms with Crippen LogP contribution >= 0.6 is 0 Å². The second kappa shape index (κ2) is 5.75. The molecule has 0 aromatic heterocycles. The fraction of sp³-hybridized carbons (Fsp3) is 0.188. The highest BCUT2D eigenvalue weighted by Gasteiger charge is 2.14. The lowest BCUT2D eigenvalue weighted by molar-refractivity contribution is 0.0993. The van der Waals surface area contributed by atoms with Crippen LogP contribution in [0.3, 0.4) is 0 Å². The molecule has 4 nitrogen and oxygen atoms in total. The van der Waals surface area contributed by atoms with Crippen LogP contribution in [0.15, 0.2) is 42.5 Å². The molecule has 2 aromatic rings. The molecule has 0 saturated heterocycles. The summed E-state index contributed by atoms with van der Waals surface area (Å²) < 4.78 is 0. The molecule has 0 aliphatic carbocycles. The lowest BCUT2D eigenvalue weighted by Crippen LogP contribution is -2.26. The van der Waals surface area contributed by atoms with Crippen molar-refractivity contribution in [1.82, 2.24) is 0 Å². The molecule has 20 heavy (non-hydrogen) atoms. The van der Waals surface area contributed by atoms with Gasteiger partial charge in [0.1, 0.15) is 0 Å². The van der Waals surface area contributed by atoms with E-state index < -0.39 is 0 Å². The van der Waals surface area contributed by atoms with Crippen molar-refractivity contribution in [2.45, 2.75) is 13.8 Å². The van der Waals surface area contributed by atoms with Crippen molar-refractivity contribution in [2.75, 3.05) is 17.4 Å². The van der Waals surface area contributed by atoms with Gasteiger partial charge in [-0.15, -0.1) is 0 Å². The van der Waals surface area contributed by atoms with Gasteiger partial charge in [0.25, 0.3) is 5.91 Å². The number of rotatable bonds is 3. The van der Waals surface area contributed by atoms with E-state index in [4.69, 9.17) is 5.84 Å². The minimum Gasteiger partial charge on any atom is -0.324 e. The van der Waals surface area contributed by atoms with E-state index in [1.54, 1.807) is 18.0 Å². The number of benzene rings is 2. The van der Waals surface area contributed by atoms with Crippen molar-refractivity contribution in [3.05, 3.63) is 59.2 Å². The first-order valence-electron chi connectivity index (χ1n) is 6.45. The van der Waals surface area contributed by atoms with Crippen LogP contribution < -0.4 is 16.2 Å². The molecular formula is C16H19N3O. The van der Waals surface area contributed by atoms with Crippen molar-refractivity contribution in [1.29, 1.82) is 0 Å². The van der Waals surface area contributed by atoms with E-state index in [9.17, 15) is 4.79 Å². The highest BCUT2D eigenvalue weighted by Crippen LogP contribution is 2.20. The number of nitrogens with zero attached hydrogens (tertiary/aromatic N) is 1. The summed E-state index contributed by atoms with van der Waals surface area (Å²) in [7, 11) is 1.78. The van der Waals surface area contributed by atoms with Crippen LogP contribution in [0.5, 0.6) is 0 Å². The van der Waals surface area contributed by atoms with Gasteiger partial charge in [0.05, 0.1) is 5.69 Å². The zero-order valence-corrected chi connectivity index (χ0v) is 12.0. The van der Waals surface area contributed by atoms with Crippen LogP contribution in [-0.2, 0) is 0 Å². The van der Waals surface area contributed by atoms with Crippen LogP contribution in [0, 0.1) is 13.8 Å². The van der Waals surface area contributed by atoms with Crippen LogP contribution in [-0.4, -0.2) is 13.0 Å². The average molecular weight is 269 g/mol. The second-order valence-electron chi connectivity index (χ2n) is 4.88. The Morgan fingerprint density at radius 1 is 1.15 bits per heavy atom. The molecule has 0 aliphatic heterocycles. The molecule has 0 saturated carbocycles. The molecule has 2 aromatic carbocycles. The fourth-order valence-corrected chi connectivity index (χ4v) is 2.11. The molecule has 0 radical (unpaired) electrons. The van der Waals surface area contributed by atoms with E-state index in [2.05, 4.69) is 5.43 Å². The Kier molecular flexibility index (Phi) is 4.05.